The molecular weight excluding hydrogens is 440 g/mol. The lowest BCUT2D eigenvalue weighted by Gasteiger charge is -2.43. The van der Waals surface area contributed by atoms with Gasteiger partial charge in [-0.2, -0.15) is 4.79 Å². The maximum atomic E-state index is 12.5. The predicted octanol–water partition coefficient (Wildman–Crippen LogP) is 1.68. The number of ketones is 1. The molecule has 1 N–H and O–H groups in total. The SMILES string of the molecule is COc1ccc(COC(=O)C(=[N+]=[N-])C(=O)CCC2NC(=O)C2N(C(C)=O)c2ccccc2)cc1. The molecule has 0 aromatic heterocycles. The van der Waals surface area contributed by atoms with Crippen LogP contribution in [0, 0.1) is 0 Å². The molecular formula is C24H24N4O6. The van der Waals surface area contributed by atoms with Gasteiger partial charge in [0.15, 0.2) is 0 Å². The van der Waals surface area contributed by atoms with E-state index in [9.17, 15) is 24.7 Å². The highest BCUT2D eigenvalue weighted by atomic mass is 16.5. The third-order valence-corrected chi connectivity index (χ3v) is 5.40. The molecule has 2 aromatic rings. The Balaban J connectivity index is 1.58. The number of β-lactam (4-membered cyclic amide) rings is 1. The number of nitrogens with one attached hydrogen (secondary N) is 1. The van der Waals surface area contributed by atoms with Crippen molar-refractivity contribution in [3.05, 3.63) is 65.7 Å². The van der Waals surface area contributed by atoms with E-state index in [1.165, 1.54) is 18.9 Å². The second-order valence-corrected chi connectivity index (χ2v) is 7.62. The van der Waals surface area contributed by atoms with E-state index >= 15 is 0 Å². The van der Waals surface area contributed by atoms with E-state index in [4.69, 9.17) is 9.47 Å². The quantitative estimate of drug-likeness (QED) is 0.142. The van der Waals surface area contributed by atoms with Crippen molar-refractivity contribution in [2.75, 3.05) is 12.0 Å². The summed E-state index contributed by atoms with van der Waals surface area (Å²) in [6.07, 6.45) is -0.0599. The summed E-state index contributed by atoms with van der Waals surface area (Å²) in [6.45, 7) is 1.23. The summed E-state index contributed by atoms with van der Waals surface area (Å²) in [7, 11) is 1.53. The van der Waals surface area contributed by atoms with Gasteiger partial charge in [0.25, 0.3) is 5.78 Å². The van der Waals surface area contributed by atoms with Gasteiger partial charge in [-0.15, -0.1) is 0 Å². The minimum absolute atomic E-state index is 0.124. The number of Topliss-reactive ketones (excluding diaryl/α,β-unsaturated/α-hetero) is 1. The van der Waals surface area contributed by atoms with Gasteiger partial charge in [0.2, 0.25) is 11.8 Å². The smallest absolute Gasteiger partial charge is 0.441 e. The molecule has 1 aliphatic heterocycles. The van der Waals surface area contributed by atoms with Crippen LogP contribution in [0.4, 0.5) is 5.69 Å². The molecule has 176 valence electrons. The number of methoxy groups -OCH3 is 1. The summed E-state index contributed by atoms with van der Waals surface area (Å²) < 4.78 is 10.1. The normalized spacial score (nSPS) is 16.4. The van der Waals surface area contributed by atoms with Crippen LogP contribution >= 0.6 is 0 Å². The molecule has 34 heavy (non-hydrogen) atoms. The molecule has 0 radical (unpaired) electrons. The van der Waals surface area contributed by atoms with Gasteiger partial charge in [-0.3, -0.25) is 19.3 Å². The van der Waals surface area contributed by atoms with Crippen LogP contribution in [0.15, 0.2) is 54.6 Å². The summed E-state index contributed by atoms with van der Waals surface area (Å²) >= 11 is 0. The van der Waals surface area contributed by atoms with Crippen molar-refractivity contribution in [3.8, 4) is 5.75 Å². The van der Waals surface area contributed by atoms with Crippen LogP contribution in [0.2, 0.25) is 0 Å². The van der Waals surface area contributed by atoms with Crippen LogP contribution < -0.4 is 15.0 Å². The van der Waals surface area contributed by atoms with Crippen molar-refractivity contribution in [1.82, 2.24) is 5.32 Å². The van der Waals surface area contributed by atoms with E-state index in [-0.39, 0.29) is 31.3 Å². The molecule has 3 rings (SSSR count). The standard InChI is InChI=1S/C24H24N4O6/c1-15(29)28(17-6-4-3-5-7-17)22-19(26-23(22)31)12-13-20(30)21(27-25)24(32)34-14-16-8-10-18(33-2)11-9-16/h3-11,19,22H,12-14H2,1-2H3,(H,26,31). The minimum Gasteiger partial charge on any atom is -0.497 e. The van der Waals surface area contributed by atoms with Crippen LogP contribution in [-0.2, 0) is 30.5 Å². The number of benzene rings is 2. The number of amides is 2. The number of rotatable bonds is 10. The first-order valence-corrected chi connectivity index (χ1v) is 10.6. The molecule has 1 saturated heterocycles. The first kappa shape index (κ1) is 24.3. The molecule has 2 unspecified atom stereocenters. The van der Waals surface area contributed by atoms with Gasteiger partial charge in [-0.1, -0.05) is 30.3 Å². The number of esters is 1. The number of hydrogen-bond acceptors (Lipinski definition) is 6. The fourth-order valence-electron chi connectivity index (χ4n) is 3.64. The molecule has 10 nitrogen and oxygen atoms in total. The summed E-state index contributed by atoms with van der Waals surface area (Å²) in [5.41, 5.74) is 9.68. The predicted molar refractivity (Wildman–Crippen MR) is 121 cm³/mol. The molecule has 2 atom stereocenters. The van der Waals surface area contributed by atoms with Crippen molar-refractivity contribution >= 4 is 35.0 Å². The maximum Gasteiger partial charge on any atom is 0.441 e. The number of para-hydroxylation sites is 1. The lowest BCUT2D eigenvalue weighted by Crippen LogP contribution is -2.70. The summed E-state index contributed by atoms with van der Waals surface area (Å²) in [6, 6.07) is 14.2. The van der Waals surface area contributed by atoms with Crippen molar-refractivity contribution in [2.24, 2.45) is 0 Å². The average molecular weight is 464 g/mol. The Bertz CT molecular complexity index is 1130. The average Bonchev–Trinajstić information content (AvgIpc) is 2.84. The summed E-state index contributed by atoms with van der Waals surface area (Å²) in [4.78, 5) is 53.4. The number of nitrogens with zero attached hydrogens (tertiary/aromatic N) is 3. The zero-order chi connectivity index (χ0) is 24.7. The van der Waals surface area contributed by atoms with Crippen molar-refractivity contribution in [2.45, 2.75) is 38.5 Å². The van der Waals surface area contributed by atoms with Gasteiger partial charge < -0.3 is 20.3 Å². The Labute approximate surface area is 196 Å². The molecule has 0 saturated carbocycles. The number of carbonyl (C=O) groups is 4. The van der Waals surface area contributed by atoms with E-state index in [1.807, 2.05) is 0 Å². The van der Waals surface area contributed by atoms with E-state index in [1.54, 1.807) is 54.6 Å². The second kappa shape index (κ2) is 11.0. The van der Waals surface area contributed by atoms with Crippen molar-refractivity contribution in [1.29, 1.82) is 0 Å². The largest absolute Gasteiger partial charge is 0.497 e. The third-order valence-electron chi connectivity index (χ3n) is 5.40. The molecule has 2 aromatic carbocycles. The zero-order valence-corrected chi connectivity index (χ0v) is 18.8. The lowest BCUT2D eigenvalue weighted by molar-refractivity contribution is -0.143. The highest BCUT2D eigenvalue weighted by Crippen LogP contribution is 2.25. The van der Waals surface area contributed by atoms with Crippen LogP contribution in [0.5, 0.6) is 5.75 Å². The highest BCUT2D eigenvalue weighted by Gasteiger charge is 2.45. The van der Waals surface area contributed by atoms with Gasteiger partial charge in [-0.25, -0.2) is 4.79 Å². The van der Waals surface area contributed by atoms with Crippen LogP contribution in [0.1, 0.15) is 25.3 Å². The highest BCUT2D eigenvalue weighted by molar-refractivity contribution is 6.62. The third kappa shape index (κ3) is 5.54. The first-order valence-electron chi connectivity index (χ1n) is 10.6. The molecule has 1 heterocycles. The van der Waals surface area contributed by atoms with Gasteiger partial charge >= 0.3 is 11.7 Å². The Hall–Kier alpha value is -4.30. The summed E-state index contributed by atoms with van der Waals surface area (Å²) in [5.74, 6) is -1.82. The van der Waals surface area contributed by atoms with Gasteiger partial charge in [0.05, 0.1) is 13.2 Å². The van der Waals surface area contributed by atoms with Gasteiger partial charge in [0.1, 0.15) is 18.4 Å². The molecule has 1 aliphatic rings. The number of hydrogen-bond donors (Lipinski definition) is 1. The zero-order valence-electron chi connectivity index (χ0n) is 18.8. The fourth-order valence-corrected chi connectivity index (χ4v) is 3.64. The molecule has 10 heteroatoms. The Morgan fingerprint density at radius 3 is 2.32 bits per heavy atom. The Morgan fingerprint density at radius 2 is 1.76 bits per heavy atom. The number of anilines is 1. The number of ether oxygens (including phenoxy) is 2. The Kier molecular flexibility index (Phi) is 7.89. The van der Waals surface area contributed by atoms with Crippen molar-refractivity contribution in [3.63, 3.8) is 0 Å². The van der Waals surface area contributed by atoms with Crippen LogP contribution in [-0.4, -0.2) is 53.3 Å². The molecule has 1 fully saturated rings. The van der Waals surface area contributed by atoms with E-state index < -0.39 is 29.5 Å². The second-order valence-electron chi connectivity index (χ2n) is 7.62. The Morgan fingerprint density at radius 1 is 1.09 bits per heavy atom. The molecule has 0 spiro atoms. The van der Waals surface area contributed by atoms with Gasteiger partial charge in [0, 0.05) is 19.0 Å². The number of carbonyl (C=O) groups excluding carboxylic acids is 4. The monoisotopic (exact) mass is 464 g/mol. The molecule has 0 bridgehead atoms. The van der Waals surface area contributed by atoms with Crippen molar-refractivity contribution < 1.29 is 33.4 Å². The van der Waals surface area contributed by atoms with Crippen LogP contribution in [0.25, 0.3) is 5.53 Å². The first-order chi connectivity index (χ1) is 16.3. The van der Waals surface area contributed by atoms with E-state index in [2.05, 4.69) is 10.1 Å². The topological polar surface area (TPSA) is 138 Å². The van der Waals surface area contributed by atoms with Crippen LogP contribution in [0.3, 0.4) is 0 Å². The van der Waals surface area contributed by atoms with E-state index in [0.717, 1.165) is 0 Å². The molecule has 2 amide bonds. The van der Waals surface area contributed by atoms with E-state index in [0.29, 0.717) is 17.0 Å². The minimum atomic E-state index is -1.06. The fraction of sp³-hybridized carbons (Fsp3) is 0.292. The molecule has 0 aliphatic carbocycles. The lowest BCUT2D eigenvalue weighted by atomic mass is 9.90. The maximum absolute atomic E-state index is 12.5. The van der Waals surface area contributed by atoms with Gasteiger partial charge in [-0.05, 0) is 36.2 Å². The summed E-state index contributed by atoms with van der Waals surface area (Å²) in [5, 5.41) is 2.68.